The van der Waals surface area contributed by atoms with Crippen molar-refractivity contribution in [1.82, 2.24) is 9.97 Å². The van der Waals surface area contributed by atoms with Gasteiger partial charge in [-0.3, -0.25) is 9.97 Å². The fourth-order valence-corrected chi connectivity index (χ4v) is 5.17. The number of hydrogen-bond donors (Lipinski definition) is 0. The first-order chi connectivity index (χ1) is 13.9. The molecule has 0 spiro atoms. The van der Waals surface area contributed by atoms with Crippen LogP contribution in [0, 0.1) is 0 Å². The number of rotatable bonds is 0. The van der Waals surface area contributed by atoms with Gasteiger partial charge in [-0.1, -0.05) is 24.3 Å². The first-order valence-corrected chi connectivity index (χ1v) is 9.81. The van der Waals surface area contributed by atoms with Crippen LogP contribution in [0.4, 0.5) is 17.1 Å². The molecular weight excluding hydrogens is 342 g/mol. The van der Waals surface area contributed by atoms with E-state index in [4.69, 9.17) is 4.98 Å². The van der Waals surface area contributed by atoms with Crippen molar-refractivity contribution in [1.29, 1.82) is 0 Å². The predicted molar refractivity (Wildman–Crippen MR) is 111 cm³/mol. The van der Waals surface area contributed by atoms with E-state index in [9.17, 15) is 0 Å². The highest BCUT2D eigenvalue weighted by Crippen LogP contribution is 2.51. The third-order valence-corrected chi connectivity index (χ3v) is 6.41. The molecule has 4 heterocycles. The van der Waals surface area contributed by atoms with Gasteiger partial charge in [-0.25, -0.2) is 0 Å². The average molecular weight is 359 g/mol. The van der Waals surface area contributed by atoms with E-state index >= 15 is 0 Å². The molecule has 0 saturated heterocycles. The lowest BCUT2D eigenvalue weighted by atomic mass is 9.88. The van der Waals surface area contributed by atoms with Crippen molar-refractivity contribution in [3.05, 3.63) is 101 Å². The van der Waals surface area contributed by atoms with Crippen molar-refractivity contribution in [3.63, 3.8) is 0 Å². The zero-order valence-corrected chi connectivity index (χ0v) is 15.3. The standard InChI is InChI=1S/C25H17N3/c1-2-4-20-15(3-1)9-18-13-23-19(11-21(18)20)12-22-25-17(6-8-27-22)10-16-5-7-26-14-24(16)28(23)25/h1-8,11,13-14H,9-10,12H2. The van der Waals surface area contributed by atoms with Crippen LogP contribution in [0.2, 0.25) is 0 Å². The van der Waals surface area contributed by atoms with Gasteiger partial charge >= 0.3 is 0 Å². The first-order valence-electron chi connectivity index (χ1n) is 9.81. The van der Waals surface area contributed by atoms with Crippen molar-refractivity contribution in [2.45, 2.75) is 19.3 Å². The number of anilines is 3. The maximum Gasteiger partial charge on any atom is 0.0716 e. The second kappa shape index (κ2) is 5.08. The minimum Gasteiger partial charge on any atom is -0.306 e. The maximum absolute atomic E-state index is 4.76. The van der Waals surface area contributed by atoms with Gasteiger partial charge in [-0.2, -0.15) is 0 Å². The summed E-state index contributed by atoms with van der Waals surface area (Å²) in [5.74, 6) is 0. The largest absolute Gasteiger partial charge is 0.306 e. The van der Waals surface area contributed by atoms with Crippen molar-refractivity contribution < 1.29 is 0 Å². The first kappa shape index (κ1) is 14.6. The van der Waals surface area contributed by atoms with E-state index in [1.807, 2.05) is 18.6 Å². The molecule has 0 bridgehead atoms. The topological polar surface area (TPSA) is 29.0 Å². The van der Waals surface area contributed by atoms with Gasteiger partial charge in [0, 0.05) is 25.2 Å². The van der Waals surface area contributed by atoms with E-state index < -0.39 is 0 Å². The Hall–Kier alpha value is -3.46. The van der Waals surface area contributed by atoms with Crippen LogP contribution in [-0.4, -0.2) is 9.97 Å². The summed E-state index contributed by atoms with van der Waals surface area (Å²) in [6.07, 6.45) is 8.72. The van der Waals surface area contributed by atoms with Gasteiger partial charge in [0.2, 0.25) is 0 Å². The van der Waals surface area contributed by atoms with Gasteiger partial charge in [-0.05, 0) is 69.6 Å². The summed E-state index contributed by atoms with van der Waals surface area (Å²) in [5.41, 5.74) is 14.6. The Morgan fingerprint density at radius 2 is 1.57 bits per heavy atom. The minimum atomic E-state index is 0.889. The molecule has 132 valence electrons. The molecule has 0 N–H and O–H groups in total. The number of pyridine rings is 2. The fraction of sp³-hybridized carbons (Fsp3) is 0.120. The number of hydrogen-bond acceptors (Lipinski definition) is 3. The van der Waals surface area contributed by atoms with Crippen LogP contribution in [0.15, 0.2) is 67.1 Å². The van der Waals surface area contributed by atoms with Crippen LogP contribution in [0.3, 0.4) is 0 Å². The van der Waals surface area contributed by atoms with Crippen LogP contribution in [0.25, 0.3) is 11.1 Å². The Kier molecular flexibility index (Phi) is 2.64. The Labute approximate surface area is 163 Å². The molecule has 3 nitrogen and oxygen atoms in total. The molecule has 2 aromatic heterocycles. The molecule has 0 unspecified atom stereocenters. The molecule has 2 aromatic carbocycles. The van der Waals surface area contributed by atoms with Crippen LogP contribution < -0.4 is 4.90 Å². The number of benzene rings is 2. The molecule has 2 aliphatic heterocycles. The predicted octanol–water partition coefficient (Wildman–Crippen LogP) is 5.33. The Balaban J connectivity index is 1.51. The second-order valence-corrected chi connectivity index (χ2v) is 7.93. The molecule has 0 atom stereocenters. The van der Waals surface area contributed by atoms with Gasteiger partial charge in [0.15, 0.2) is 0 Å². The van der Waals surface area contributed by atoms with Crippen molar-refractivity contribution in [2.24, 2.45) is 0 Å². The lowest BCUT2D eigenvalue weighted by Crippen LogP contribution is -2.25. The third-order valence-electron chi connectivity index (χ3n) is 6.41. The van der Waals surface area contributed by atoms with Crippen molar-refractivity contribution in [2.75, 3.05) is 4.90 Å². The van der Waals surface area contributed by atoms with Gasteiger partial charge in [0.25, 0.3) is 0 Å². The summed E-state index contributed by atoms with van der Waals surface area (Å²) >= 11 is 0. The molecule has 0 amide bonds. The zero-order chi connectivity index (χ0) is 18.2. The minimum absolute atomic E-state index is 0.889. The summed E-state index contributed by atoms with van der Waals surface area (Å²) in [4.78, 5) is 11.6. The molecule has 28 heavy (non-hydrogen) atoms. The van der Waals surface area contributed by atoms with Crippen molar-refractivity contribution in [3.8, 4) is 11.1 Å². The smallest absolute Gasteiger partial charge is 0.0716 e. The zero-order valence-electron chi connectivity index (χ0n) is 15.3. The van der Waals surface area contributed by atoms with Gasteiger partial charge in [0.1, 0.15) is 0 Å². The molecule has 3 heteroatoms. The number of aromatic nitrogens is 2. The summed E-state index contributed by atoms with van der Waals surface area (Å²) in [6, 6.07) is 17.9. The van der Waals surface area contributed by atoms with Gasteiger partial charge < -0.3 is 4.90 Å². The lowest BCUT2D eigenvalue weighted by Gasteiger charge is -2.38. The number of nitrogens with zero attached hydrogens (tertiary/aromatic N) is 3. The van der Waals surface area contributed by atoms with Crippen LogP contribution in [0.1, 0.15) is 33.5 Å². The molecule has 0 fully saturated rings. The van der Waals surface area contributed by atoms with Crippen molar-refractivity contribution >= 4 is 17.1 Å². The van der Waals surface area contributed by atoms with Gasteiger partial charge in [0.05, 0.1) is 29.0 Å². The van der Waals surface area contributed by atoms with E-state index in [-0.39, 0.29) is 0 Å². The maximum atomic E-state index is 4.76. The molecule has 0 saturated carbocycles. The van der Waals surface area contributed by atoms with Crippen LogP contribution in [0.5, 0.6) is 0 Å². The van der Waals surface area contributed by atoms with Crippen LogP contribution in [-0.2, 0) is 19.3 Å². The quantitative estimate of drug-likeness (QED) is 0.367. The Morgan fingerprint density at radius 3 is 2.57 bits per heavy atom. The molecule has 0 radical (unpaired) electrons. The van der Waals surface area contributed by atoms with E-state index in [1.54, 1.807) is 0 Å². The summed E-state index contributed by atoms with van der Waals surface area (Å²) in [7, 11) is 0. The number of fused-ring (bicyclic) bond motifs is 7. The molecular formula is C25H17N3. The summed E-state index contributed by atoms with van der Waals surface area (Å²) in [6.45, 7) is 0. The summed E-state index contributed by atoms with van der Waals surface area (Å²) < 4.78 is 0. The summed E-state index contributed by atoms with van der Waals surface area (Å²) in [5, 5.41) is 0. The third kappa shape index (κ3) is 1.79. The van der Waals surface area contributed by atoms with Crippen LogP contribution >= 0.6 is 0 Å². The van der Waals surface area contributed by atoms with E-state index in [1.165, 1.54) is 61.7 Å². The molecule has 4 aromatic rings. The molecule has 1 aliphatic carbocycles. The fourth-order valence-electron chi connectivity index (χ4n) is 5.17. The molecule has 3 aliphatic rings. The lowest BCUT2D eigenvalue weighted by molar-refractivity contribution is 0.954. The van der Waals surface area contributed by atoms with Gasteiger partial charge in [-0.15, -0.1) is 0 Å². The highest BCUT2D eigenvalue weighted by Gasteiger charge is 2.33. The monoisotopic (exact) mass is 359 g/mol. The average Bonchev–Trinajstić information content (AvgIpc) is 3.09. The van der Waals surface area contributed by atoms with E-state index in [2.05, 4.69) is 58.4 Å². The Morgan fingerprint density at radius 1 is 0.679 bits per heavy atom. The van der Waals surface area contributed by atoms with E-state index in [0.29, 0.717) is 0 Å². The highest BCUT2D eigenvalue weighted by atomic mass is 15.2. The molecule has 7 rings (SSSR count). The second-order valence-electron chi connectivity index (χ2n) is 7.93. The van der Waals surface area contributed by atoms with E-state index in [0.717, 1.165) is 19.3 Å². The highest BCUT2D eigenvalue weighted by molar-refractivity contribution is 5.91. The normalized spacial score (nSPS) is 14.6. The Bertz CT molecular complexity index is 1310. The SMILES string of the molecule is c1ccc2c(c1)Cc1cc3c(cc1-2)Cc1nccc2c1N3c1cnccc1C2.